The van der Waals surface area contributed by atoms with Crippen LogP contribution in [-0.4, -0.2) is 61.4 Å². The number of carbonyl (C=O) groups is 1. The van der Waals surface area contributed by atoms with E-state index in [1.54, 1.807) is 4.90 Å². The molecular formula is C17H20F3N7O2. The number of nitrogens with one attached hydrogen (secondary N) is 1. The molecule has 2 amide bonds. The Bertz CT molecular complexity index is 901. The minimum atomic E-state index is -4.66. The van der Waals surface area contributed by atoms with Gasteiger partial charge in [-0.1, -0.05) is 0 Å². The van der Waals surface area contributed by atoms with E-state index in [0.29, 0.717) is 26.3 Å². The zero-order valence-corrected chi connectivity index (χ0v) is 15.8. The fourth-order valence-electron chi connectivity index (χ4n) is 2.82. The van der Waals surface area contributed by atoms with Gasteiger partial charge < -0.3 is 20.7 Å². The Morgan fingerprint density at radius 2 is 1.97 bits per heavy atom. The SMILES string of the molecule is CNC(=O)N(C)c1cc(-c2cnc(N)cc2C(F)(F)F)nc(N2CCOCC2)n1. The van der Waals surface area contributed by atoms with Gasteiger partial charge in [-0.15, -0.1) is 0 Å². The summed E-state index contributed by atoms with van der Waals surface area (Å²) in [5.74, 6) is 0.0773. The predicted octanol–water partition coefficient (Wildman–Crippen LogP) is 1.75. The summed E-state index contributed by atoms with van der Waals surface area (Å²) in [6.07, 6.45) is -3.64. The molecule has 3 rings (SSSR count). The second-order valence-electron chi connectivity index (χ2n) is 6.28. The first-order valence-corrected chi connectivity index (χ1v) is 8.71. The number of nitrogens with zero attached hydrogens (tertiary/aromatic N) is 5. The van der Waals surface area contributed by atoms with Crippen molar-refractivity contribution in [3.63, 3.8) is 0 Å². The number of nitrogens with two attached hydrogens (primary N) is 1. The first kappa shape index (κ1) is 20.6. The van der Waals surface area contributed by atoms with Crippen molar-refractivity contribution in [1.82, 2.24) is 20.3 Å². The van der Waals surface area contributed by atoms with Gasteiger partial charge in [0.1, 0.15) is 11.6 Å². The van der Waals surface area contributed by atoms with Gasteiger partial charge in [-0.3, -0.25) is 4.90 Å². The number of nitrogen functional groups attached to an aromatic ring is 1. The Labute approximate surface area is 164 Å². The van der Waals surface area contributed by atoms with E-state index in [1.807, 2.05) is 0 Å². The van der Waals surface area contributed by atoms with Crippen LogP contribution < -0.4 is 20.9 Å². The lowest BCUT2D eigenvalue weighted by atomic mass is 10.1. The fourth-order valence-corrected chi connectivity index (χ4v) is 2.82. The number of hydrogen-bond acceptors (Lipinski definition) is 7. The molecule has 0 unspecified atom stereocenters. The second kappa shape index (κ2) is 8.07. The fraction of sp³-hybridized carbons (Fsp3) is 0.412. The lowest BCUT2D eigenvalue weighted by molar-refractivity contribution is -0.137. The van der Waals surface area contributed by atoms with Crippen molar-refractivity contribution in [1.29, 1.82) is 0 Å². The summed E-state index contributed by atoms with van der Waals surface area (Å²) in [7, 11) is 2.90. The molecule has 0 saturated carbocycles. The van der Waals surface area contributed by atoms with E-state index in [9.17, 15) is 18.0 Å². The number of urea groups is 1. The highest BCUT2D eigenvalue weighted by Crippen LogP contribution is 2.38. The molecule has 156 valence electrons. The number of rotatable bonds is 3. The van der Waals surface area contributed by atoms with Crippen LogP contribution in [0.3, 0.4) is 0 Å². The van der Waals surface area contributed by atoms with Gasteiger partial charge in [-0.2, -0.15) is 18.2 Å². The van der Waals surface area contributed by atoms with Crippen LogP contribution in [0.4, 0.5) is 35.5 Å². The Balaban J connectivity index is 2.17. The smallest absolute Gasteiger partial charge is 0.384 e. The van der Waals surface area contributed by atoms with Crippen molar-refractivity contribution in [3.8, 4) is 11.3 Å². The van der Waals surface area contributed by atoms with E-state index >= 15 is 0 Å². The summed E-state index contributed by atoms with van der Waals surface area (Å²) in [5, 5.41) is 2.45. The van der Waals surface area contributed by atoms with Gasteiger partial charge in [0.05, 0.1) is 24.5 Å². The van der Waals surface area contributed by atoms with Crippen LogP contribution in [0.15, 0.2) is 18.3 Å². The monoisotopic (exact) mass is 411 g/mol. The summed E-state index contributed by atoms with van der Waals surface area (Å²) >= 11 is 0. The van der Waals surface area contributed by atoms with E-state index in [4.69, 9.17) is 10.5 Å². The zero-order chi connectivity index (χ0) is 21.2. The van der Waals surface area contributed by atoms with Gasteiger partial charge in [0.15, 0.2) is 0 Å². The molecule has 1 fully saturated rings. The van der Waals surface area contributed by atoms with Gasteiger partial charge in [-0.05, 0) is 6.07 Å². The number of ether oxygens (including phenoxy) is 1. The highest BCUT2D eigenvalue weighted by molar-refractivity contribution is 5.91. The number of pyridine rings is 1. The molecule has 12 heteroatoms. The molecule has 1 saturated heterocycles. The number of morpholine rings is 1. The molecule has 0 aliphatic carbocycles. The maximum absolute atomic E-state index is 13.6. The van der Waals surface area contributed by atoms with Crippen LogP contribution >= 0.6 is 0 Å². The van der Waals surface area contributed by atoms with E-state index in [0.717, 1.165) is 12.3 Å². The summed E-state index contributed by atoms with van der Waals surface area (Å²) in [6, 6.07) is 1.59. The lowest BCUT2D eigenvalue weighted by Crippen LogP contribution is -2.39. The highest BCUT2D eigenvalue weighted by atomic mass is 19.4. The van der Waals surface area contributed by atoms with E-state index in [1.165, 1.54) is 25.1 Å². The standard InChI is InChI=1S/C17H20F3N7O2/c1-22-16(28)26(2)14-8-12(24-15(25-14)27-3-5-29-6-4-27)10-9-23-13(21)7-11(10)17(18,19)20/h7-9H,3-6H2,1-2H3,(H2,21,23)(H,22,28). The molecule has 2 aromatic heterocycles. The second-order valence-corrected chi connectivity index (χ2v) is 6.28. The summed E-state index contributed by atoms with van der Waals surface area (Å²) in [5.41, 5.74) is 4.21. The third kappa shape index (κ3) is 4.47. The largest absolute Gasteiger partial charge is 0.417 e. The molecule has 29 heavy (non-hydrogen) atoms. The number of halogens is 3. The van der Waals surface area contributed by atoms with Crippen LogP contribution in [0.1, 0.15) is 5.56 Å². The Morgan fingerprint density at radius 3 is 2.59 bits per heavy atom. The van der Waals surface area contributed by atoms with Crippen molar-refractivity contribution in [2.45, 2.75) is 6.18 Å². The molecule has 3 heterocycles. The number of anilines is 3. The van der Waals surface area contributed by atoms with Crippen molar-refractivity contribution < 1.29 is 22.7 Å². The van der Waals surface area contributed by atoms with Gasteiger partial charge in [0, 0.05) is 45.0 Å². The van der Waals surface area contributed by atoms with Crippen molar-refractivity contribution in [2.75, 3.05) is 55.9 Å². The number of carbonyl (C=O) groups excluding carboxylic acids is 1. The minimum Gasteiger partial charge on any atom is -0.384 e. The van der Waals surface area contributed by atoms with Crippen LogP contribution in [0.25, 0.3) is 11.3 Å². The highest BCUT2D eigenvalue weighted by Gasteiger charge is 2.35. The molecule has 1 aliphatic heterocycles. The van der Waals surface area contributed by atoms with Crippen molar-refractivity contribution in [2.24, 2.45) is 0 Å². The van der Waals surface area contributed by atoms with Gasteiger partial charge in [0.25, 0.3) is 0 Å². The summed E-state index contributed by atoms with van der Waals surface area (Å²) < 4.78 is 46.1. The molecule has 0 radical (unpaired) electrons. The first-order valence-electron chi connectivity index (χ1n) is 8.71. The average molecular weight is 411 g/mol. The topological polar surface area (TPSA) is 110 Å². The van der Waals surface area contributed by atoms with Gasteiger partial charge >= 0.3 is 12.2 Å². The zero-order valence-electron chi connectivity index (χ0n) is 15.8. The Morgan fingerprint density at radius 1 is 1.28 bits per heavy atom. The van der Waals surface area contributed by atoms with E-state index < -0.39 is 17.8 Å². The summed E-state index contributed by atoms with van der Waals surface area (Å²) in [6.45, 7) is 1.81. The van der Waals surface area contributed by atoms with Crippen molar-refractivity contribution >= 4 is 23.6 Å². The van der Waals surface area contributed by atoms with Crippen molar-refractivity contribution in [3.05, 3.63) is 23.9 Å². The molecule has 0 atom stereocenters. The molecule has 1 aliphatic rings. The molecule has 0 spiro atoms. The normalized spacial score (nSPS) is 14.6. The Hall–Kier alpha value is -3.15. The molecule has 0 bridgehead atoms. The maximum Gasteiger partial charge on any atom is 0.417 e. The van der Waals surface area contributed by atoms with Gasteiger partial charge in [-0.25, -0.2) is 14.8 Å². The molecule has 3 N–H and O–H groups in total. The molecule has 2 aromatic rings. The predicted molar refractivity (Wildman–Crippen MR) is 101 cm³/mol. The number of hydrogen-bond donors (Lipinski definition) is 2. The first-order chi connectivity index (χ1) is 13.7. The van der Waals surface area contributed by atoms with Crippen LogP contribution in [-0.2, 0) is 10.9 Å². The Kier molecular flexibility index (Phi) is 5.73. The summed E-state index contributed by atoms with van der Waals surface area (Å²) in [4.78, 5) is 27.5. The van der Waals surface area contributed by atoms with Gasteiger partial charge in [0.2, 0.25) is 5.95 Å². The third-order valence-electron chi connectivity index (χ3n) is 4.36. The van der Waals surface area contributed by atoms with E-state index in [-0.39, 0.29) is 28.8 Å². The molecule has 0 aromatic carbocycles. The number of aromatic nitrogens is 3. The molecule has 9 nitrogen and oxygen atoms in total. The third-order valence-corrected chi connectivity index (χ3v) is 4.36. The maximum atomic E-state index is 13.6. The van der Waals surface area contributed by atoms with Crippen LogP contribution in [0, 0.1) is 0 Å². The quantitative estimate of drug-likeness (QED) is 0.792. The average Bonchev–Trinajstić information content (AvgIpc) is 2.72. The molecular weight excluding hydrogens is 391 g/mol. The number of amides is 2. The number of alkyl halides is 3. The minimum absolute atomic E-state index is 0.0212. The van der Waals surface area contributed by atoms with Crippen LogP contribution in [0.2, 0.25) is 0 Å². The lowest BCUT2D eigenvalue weighted by Gasteiger charge is -2.28. The van der Waals surface area contributed by atoms with E-state index in [2.05, 4.69) is 20.3 Å². The van der Waals surface area contributed by atoms with Crippen LogP contribution in [0.5, 0.6) is 0 Å².